The molecule has 27 heavy (non-hydrogen) atoms. The molecule has 2 aliphatic rings. The second kappa shape index (κ2) is 6.90. The van der Waals surface area contributed by atoms with Crippen LogP contribution in [0, 0.1) is 0 Å². The van der Waals surface area contributed by atoms with Crippen molar-refractivity contribution in [2.75, 3.05) is 18.0 Å². The smallest absolute Gasteiger partial charge is 0.431 e. The second-order valence-corrected chi connectivity index (χ2v) is 7.20. The van der Waals surface area contributed by atoms with Gasteiger partial charge in [-0.1, -0.05) is 24.3 Å². The lowest BCUT2D eigenvalue weighted by Gasteiger charge is -2.15. The molecule has 2 heterocycles. The SMILES string of the molecule is O=C(Cc1ccc(C2CC2)cc1)NC1CCN(c2nc(C(F)(F)F)co2)C1. The van der Waals surface area contributed by atoms with Crippen molar-refractivity contribution < 1.29 is 22.4 Å². The minimum atomic E-state index is -4.52. The van der Waals surface area contributed by atoms with Gasteiger partial charge in [0.25, 0.3) is 6.01 Å². The summed E-state index contributed by atoms with van der Waals surface area (Å²) >= 11 is 0. The maximum absolute atomic E-state index is 12.6. The summed E-state index contributed by atoms with van der Waals surface area (Å²) in [6.45, 7) is 0.864. The summed E-state index contributed by atoms with van der Waals surface area (Å²) in [5.41, 5.74) is 1.24. The monoisotopic (exact) mass is 379 g/mol. The van der Waals surface area contributed by atoms with Crippen LogP contribution in [0.25, 0.3) is 0 Å². The molecular formula is C19H20F3N3O2. The lowest BCUT2D eigenvalue weighted by Crippen LogP contribution is -2.38. The Morgan fingerprint density at radius 1 is 1.22 bits per heavy atom. The molecule has 8 heteroatoms. The predicted molar refractivity (Wildman–Crippen MR) is 92.4 cm³/mol. The fourth-order valence-corrected chi connectivity index (χ4v) is 3.38. The van der Waals surface area contributed by atoms with Gasteiger partial charge in [0.2, 0.25) is 5.91 Å². The molecule has 1 saturated carbocycles. The Kier molecular flexibility index (Phi) is 4.57. The van der Waals surface area contributed by atoms with E-state index in [0.29, 0.717) is 38.1 Å². The highest BCUT2D eigenvalue weighted by Crippen LogP contribution is 2.39. The molecule has 0 bridgehead atoms. The zero-order valence-electron chi connectivity index (χ0n) is 14.6. The molecule has 144 valence electrons. The first kappa shape index (κ1) is 17.9. The Morgan fingerprint density at radius 3 is 2.59 bits per heavy atom. The Labute approximate surface area is 154 Å². The van der Waals surface area contributed by atoms with Gasteiger partial charge in [-0.2, -0.15) is 18.2 Å². The molecule has 1 saturated heterocycles. The van der Waals surface area contributed by atoms with Crippen LogP contribution in [0.4, 0.5) is 19.2 Å². The number of rotatable bonds is 5. The van der Waals surface area contributed by atoms with Crippen molar-refractivity contribution >= 4 is 11.9 Å². The predicted octanol–water partition coefficient (Wildman–Crippen LogP) is 3.51. The number of aromatic nitrogens is 1. The quantitative estimate of drug-likeness (QED) is 0.864. The van der Waals surface area contributed by atoms with Crippen molar-refractivity contribution in [3.63, 3.8) is 0 Å². The molecule has 0 spiro atoms. The maximum Gasteiger partial charge on any atom is 0.436 e. The zero-order valence-corrected chi connectivity index (χ0v) is 14.6. The van der Waals surface area contributed by atoms with Gasteiger partial charge in [0, 0.05) is 19.1 Å². The summed E-state index contributed by atoms with van der Waals surface area (Å²) in [6.07, 6.45) is -0.495. The molecular weight excluding hydrogens is 359 g/mol. The first-order valence-corrected chi connectivity index (χ1v) is 9.04. The number of nitrogens with zero attached hydrogens (tertiary/aromatic N) is 2. The molecule has 1 aromatic carbocycles. The Bertz CT molecular complexity index is 812. The number of nitrogens with one attached hydrogen (secondary N) is 1. The molecule has 1 aliphatic heterocycles. The van der Waals surface area contributed by atoms with Crippen LogP contribution in [0.1, 0.15) is 42.0 Å². The zero-order chi connectivity index (χ0) is 19.0. The lowest BCUT2D eigenvalue weighted by atomic mass is 10.1. The van der Waals surface area contributed by atoms with Gasteiger partial charge in [0.1, 0.15) is 6.26 Å². The van der Waals surface area contributed by atoms with Crippen LogP contribution in [0.5, 0.6) is 0 Å². The van der Waals surface area contributed by atoms with E-state index in [1.54, 1.807) is 4.90 Å². The van der Waals surface area contributed by atoms with Crippen LogP contribution in [-0.4, -0.2) is 30.0 Å². The highest BCUT2D eigenvalue weighted by molar-refractivity contribution is 5.79. The molecule has 1 aliphatic carbocycles. The average molecular weight is 379 g/mol. The van der Waals surface area contributed by atoms with Gasteiger partial charge in [-0.3, -0.25) is 4.79 Å². The van der Waals surface area contributed by atoms with Gasteiger partial charge in [-0.15, -0.1) is 0 Å². The van der Waals surface area contributed by atoms with E-state index in [9.17, 15) is 18.0 Å². The fourth-order valence-electron chi connectivity index (χ4n) is 3.38. The Morgan fingerprint density at radius 2 is 1.96 bits per heavy atom. The summed E-state index contributed by atoms with van der Waals surface area (Å²) in [6, 6.07) is 7.94. The topological polar surface area (TPSA) is 58.4 Å². The van der Waals surface area contributed by atoms with Crippen molar-refractivity contribution in [3.05, 3.63) is 47.3 Å². The molecule has 2 aromatic rings. The van der Waals surface area contributed by atoms with Crippen molar-refractivity contribution in [2.24, 2.45) is 0 Å². The van der Waals surface area contributed by atoms with Crippen molar-refractivity contribution in [1.29, 1.82) is 0 Å². The summed E-state index contributed by atoms with van der Waals surface area (Å²) in [5, 5.41) is 2.94. The second-order valence-electron chi connectivity index (χ2n) is 7.20. The normalized spacial score (nSPS) is 20.1. The number of hydrogen-bond donors (Lipinski definition) is 1. The molecule has 1 aromatic heterocycles. The van der Waals surface area contributed by atoms with Gasteiger partial charge < -0.3 is 14.6 Å². The van der Waals surface area contributed by atoms with Crippen LogP contribution in [-0.2, 0) is 17.4 Å². The largest absolute Gasteiger partial charge is 0.436 e. The van der Waals surface area contributed by atoms with Crippen LogP contribution in [0.3, 0.4) is 0 Å². The molecule has 1 amide bonds. The number of amides is 1. The molecule has 1 atom stereocenters. The van der Waals surface area contributed by atoms with Crippen LogP contribution in [0.2, 0.25) is 0 Å². The summed E-state index contributed by atoms with van der Waals surface area (Å²) in [4.78, 5) is 17.4. The number of hydrogen-bond acceptors (Lipinski definition) is 4. The lowest BCUT2D eigenvalue weighted by molar-refractivity contribution is -0.141. The minimum absolute atomic E-state index is 0.0604. The van der Waals surface area contributed by atoms with Crippen LogP contribution in [0.15, 0.2) is 34.9 Å². The molecule has 0 radical (unpaired) electrons. The molecule has 1 N–H and O–H groups in total. The first-order valence-electron chi connectivity index (χ1n) is 9.04. The van der Waals surface area contributed by atoms with E-state index in [1.807, 2.05) is 12.1 Å². The third-order valence-corrected chi connectivity index (χ3v) is 5.00. The number of halogens is 3. The van der Waals surface area contributed by atoms with Gasteiger partial charge in [-0.25, -0.2) is 0 Å². The fraction of sp³-hybridized carbons (Fsp3) is 0.474. The van der Waals surface area contributed by atoms with Crippen molar-refractivity contribution in [2.45, 2.75) is 43.8 Å². The van der Waals surface area contributed by atoms with Gasteiger partial charge >= 0.3 is 6.18 Å². The van der Waals surface area contributed by atoms with E-state index >= 15 is 0 Å². The van der Waals surface area contributed by atoms with Gasteiger partial charge in [0.15, 0.2) is 5.69 Å². The van der Waals surface area contributed by atoms with Crippen LogP contribution < -0.4 is 10.2 Å². The Hall–Kier alpha value is -2.51. The number of anilines is 1. The van der Waals surface area contributed by atoms with E-state index in [2.05, 4.69) is 22.4 Å². The number of benzene rings is 1. The molecule has 2 fully saturated rings. The summed E-state index contributed by atoms with van der Waals surface area (Å²) in [5.74, 6) is 0.592. The van der Waals surface area contributed by atoms with E-state index in [-0.39, 0.29) is 18.0 Å². The first-order chi connectivity index (χ1) is 12.9. The number of oxazole rings is 1. The third-order valence-electron chi connectivity index (χ3n) is 5.00. The van der Waals surface area contributed by atoms with E-state index < -0.39 is 11.9 Å². The van der Waals surface area contributed by atoms with E-state index in [4.69, 9.17) is 4.42 Å². The standard InChI is InChI=1S/C19H20F3N3O2/c20-19(21,22)16-11-27-18(24-16)25-8-7-15(10-25)23-17(26)9-12-1-3-13(4-2-12)14-5-6-14/h1-4,11,14-15H,5-10H2,(H,23,26). The van der Waals surface area contributed by atoms with Crippen molar-refractivity contribution in [1.82, 2.24) is 10.3 Å². The van der Waals surface area contributed by atoms with E-state index in [0.717, 1.165) is 5.56 Å². The van der Waals surface area contributed by atoms with E-state index in [1.165, 1.54) is 18.4 Å². The number of carbonyl (C=O) groups is 1. The minimum Gasteiger partial charge on any atom is -0.431 e. The third kappa shape index (κ3) is 4.26. The van der Waals surface area contributed by atoms with Crippen molar-refractivity contribution in [3.8, 4) is 0 Å². The number of carbonyl (C=O) groups excluding carboxylic acids is 1. The molecule has 1 unspecified atom stereocenters. The average Bonchev–Trinajstić information content (AvgIpc) is 3.14. The summed E-state index contributed by atoms with van der Waals surface area (Å²) in [7, 11) is 0. The van der Waals surface area contributed by atoms with Gasteiger partial charge in [-0.05, 0) is 36.3 Å². The maximum atomic E-state index is 12.6. The van der Waals surface area contributed by atoms with Gasteiger partial charge in [0.05, 0.1) is 6.42 Å². The molecule has 5 nitrogen and oxygen atoms in total. The highest BCUT2D eigenvalue weighted by Gasteiger charge is 2.36. The molecule has 4 rings (SSSR count). The Balaban J connectivity index is 1.28. The highest BCUT2D eigenvalue weighted by atomic mass is 19.4. The number of alkyl halides is 3. The summed E-state index contributed by atoms with van der Waals surface area (Å²) < 4.78 is 42.8. The van der Waals surface area contributed by atoms with Crippen LogP contribution >= 0.6 is 0 Å².